The highest BCUT2D eigenvalue weighted by Gasteiger charge is 2.33. The van der Waals surface area contributed by atoms with Gasteiger partial charge in [0.25, 0.3) is 0 Å². The van der Waals surface area contributed by atoms with Crippen LogP contribution < -0.4 is 19.7 Å². The second kappa shape index (κ2) is 13.6. The van der Waals surface area contributed by atoms with Crippen molar-refractivity contribution in [2.24, 2.45) is 4.99 Å². The van der Waals surface area contributed by atoms with E-state index in [0.29, 0.717) is 34.1 Å². The van der Waals surface area contributed by atoms with Gasteiger partial charge in [-0.1, -0.05) is 55.9 Å². The molecule has 0 aliphatic carbocycles. The molecule has 1 saturated heterocycles. The summed E-state index contributed by atoms with van der Waals surface area (Å²) >= 11 is 1.12. The number of benzene rings is 3. The van der Waals surface area contributed by atoms with Crippen molar-refractivity contribution in [3.8, 4) is 28.6 Å². The van der Waals surface area contributed by atoms with Crippen molar-refractivity contribution in [3.05, 3.63) is 84.2 Å². The van der Waals surface area contributed by atoms with Gasteiger partial charge >= 0.3 is 12.4 Å². The summed E-state index contributed by atoms with van der Waals surface area (Å²) in [5.41, 5.74) is 2.78. The number of methoxy groups -OCH3 is 1. The van der Waals surface area contributed by atoms with Crippen molar-refractivity contribution in [2.75, 3.05) is 24.3 Å². The van der Waals surface area contributed by atoms with Gasteiger partial charge in [0, 0.05) is 11.6 Å². The van der Waals surface area contributed by atoms with E-state index in [-0.39, 0.29) is 35.0 Å². The Hall–Kier alpha value is -4.92. The Bertz CT molecular complexity index is 1740. The predicted octanol–water partition coefficient (Wildman–Crippen LogP) is 6.82. The van der Waals surface area contributed by atoms with Crippen LogP contribution in [0.15, 0.2) is 78.0 Å². The van der Waals surface area contributed by atoms with E-state index in [1.807, 2.05) is 19.9 Å². The van der Waals surface area contributed by atoms with Gasteiger partial charge in [0.05, 0.1) is 30.8 Å². The fourth-order valence-electron chi connectivity index (χ4n) is 4.60. The molecule has 1 aromatic heterocycles. The van der Waals surface area contributed by atoms with E-state index in [4.69, 9.17) is 4.74 Å². The molecule has 10 nitrogen and oxygen atoms in total. The number of rotatable bonds is 9. The van der Waals surface area contributed by atoms with Crippen molar-refractivity contribution in [1.29, 1.82) is 0 Å². The molecule has 3 aromatic carbocycles. The molecule has 1 aliphatic heterocycles. The number of hydrogen-bond acceptors (Lipinski definition) is 7. The molecule has 0 bridgehead atoms. The zero-order chi connectivity index (χ0) is 33.0. The van der Waals surface area contributed by atoms with Gasteiger partial charge in [-0.15, -0.1) is 18.3 Å². The quantitative estimate of drug-likeness (QED) is 0.197. The highest BCUT2D eigenvalue weighted by molar-refractivity contribution is 8.15. The number of hydrogen-bond donors (Lipinski definition) is 1. The van der Waals surface area contributed by atoms with Crippen LogP contribution in [-0.4, -0.2) is 57.6 Å². The third-order valence-electron chi connectivity index (χ3n) is 6.85. The smallest absolute Gasteiger partial charge is 0.497 e. The molecule has 1 fully saturated rings. The zero-order valence-electron chi connectivity index (χ0n) is 24.8. The number of alkyl halides is 4. The minimum Gasteiger partial charge on any atom is -0.497 e. The summed E-state index contributed by atoms with van der Waals surface area (Å²) in [6.07, 6.45) is -4.95. The Morgan fingerprint density at radius 3 is 2.41 bits per heavy atom. The molecule has 0 radical (unpaired) electrons. The molecule has 46 heavy (non-hydrogen) atoms. The summed E-state index contributed by atoms with van der Waals surface area (Å²) in [7, 11) is 1.52. The van der Waals surface area contributed by atoms with E-state index in [1.54, 1.807) is 24.3 Å². The Labute approximate surface area is 265 Å². The first-order chi connectivity index (χ1) is 21.9. The number of carbonyl (C=O) groups excluding carboxylic acids is 2. The number of amides is 3. The first-order valence-corrected chi connectivity index (χ1v) is 14.9. The first-order valence-electron chi connectivity index (χ1n) is 13.9. The molecule has 1 unspecified atom stereocenters. The summed E-state index contributed by atoms with van der Waals surface area (Å²) < 4.78 is 62.9. The Morgan fingerprint density at radius 2 is 1.76 bits per heavy atom. The fraction of sp³-hybridized carbons (Fsp3) is 0.258. The number of thioether (sulfide) groups is 1. The SMILES string of the molecule is COc1ccc(C(C)C)c(N2C(=O)CS/C2=N\C(=O)NCC(F)c2ccc(-c3ncn(-c4ccc(OC(F)(F)F)cc4)n3)cc2)c1. The molecule has 240 valence electrons. The van der Waals surface area contributed by atoms with Crippen LogP contribution >= 0.6 is 11.8 Å². The molecule has 5 rings (SSSR count). The normalized spacial score (nSPS) is 15.0. The van der Waals surface area contributed by atoms with Crippen molar-refractivity contribution >= 4 is 34.6 Å². The van der Waals surface area contributed by atoms with Crippen LogP contribution in [0.2, 0.25) is 0 Å². The van der Waals surface area contributed by atoms with Crippen molar-refractivity contribution in [1.82, 2.24) is 20.1 Å². The maximum absolute atomic E-state index is 15.1. The summed E-state index contributed by atoms with van der Waals surface area (Å²) in [6.45, 7) is 3.62. The number of nitrogens with zero attached hydrogens (tertiary/aromatic N) is 5. The summed E-state index contributed by atoms with van der Waals surface area (Å²) in [5.74, 6) is 0.461. The van der Waals surface area contributed by atoms with Crippen LogP contribution in [-0.2, 0) is 4.79 Å². The van der Waals surface area contributed by atoms with Gasteiger partial charge in [-0.05, 0) is 47.4 Å². The van der Waals surface area contributed by atoms with Gasteiger partial charge in [0.15, 0.2) is 11.0 Å². The largest absolute Gasteiger partial charge is 0.573 e. The van der Waals surface area contributed by atoms with E-state index < -0.39 is 18.6 Å². The monoisotopic (exact) mass is 656 g/mol. The van der Waals surface area contributed by atoms with Crippen LogP contribution in [0.3, 0.4) is 0 Å². The van der Waals surface area contributed by atoms with Gasteiger partial charge in [0.1, 0.15) is 24.0 Å². The first kappa shape index (κ1) is 32.5. The van der Waals surface area contributed by atoms with Crippen LogP contribution in [0.5, 0.6) is 11.5 Å². The van der Waals surface area contributed by atoms with Crippen LogP contribution in [0.4, 0.5) is 28.0 Å². The molecule has 0 spiro atoms. The van der Waals surface area contributed by atoms with Gasteiger partial charge in [0.2, 0.25) is 5.91 Å². The average molecular weight is 657 g/mol. The molecule has 2 heterocycles. The molecule has 1 atom stereocenters. The molecule has 4 aromatic rings. The lowest BCUT2D eigenvalue weighted by atomic mass is 10.00. The molecule has 0 saturated carbocycles. The van der Waals surface area contributed by atoms with E-state index in [9.17, 15) is 22.8 Å². The number of aliphatic imine (C=N–C) groups is 1. The Morgan fingerprint density at radius 1 is 1.07 bits per heavy atom. The predicted molar refractivity (Wildman–Crippen MR) is 165 cm³/mol. The standard InChI is InChI=1S/C31H28F4N6O4S/c1-18(2)24-13-12-23(44-3)14-26(24)41-27(42)16-46-30(41)38-29(43)36-15-25(32)19-4-6-20(7-5-19)28-37-17-40(39-28)21-8-10-22(11-9-21)45-31(33,34)35/h4-14,17-18,25H,15-16H2,1-3H3,(H,36,43)/b38-30-. The number of carbonyl (C=O) groups is 2. The fourth-order valence-corrected chi connectivity index (χ4v) is 5.45. The average Bonchev–Trinajstić information content (AvgIpc) is 3.66. The van der Waals surface area contributed by atoms with E-state index >= 15 is 4.39 Å². The summed E-state index contributed by atoms with van der Waals surface area (Å²) in [4.78, 5) is 35.1. The summed E-state index contributed by atoms with van der Waals surface area (Å²) in [5, 5.41) is 6.99. The van der Waals surface area contributed by atoms with Crippen LogP contribution in [0.25, 0.3) is 17.1 Å². The topological polar surface area (TPSA) is 111 Å². The van der Waals surface area contributed by atoms with Crippen molar-refractivity contribution in [3.63, 3.8) is 0 Å². The minimum atomic E-state index is -4.79. The number of ether oxygens (including phenoxy) is 2. The molecule has 3 amide bonds. The minimum absolute atomic E-state index is 0.0852. The second-order valence-corrected chi connectivity index (χ2v) is 11.3. The third-order valence-corrected chi connectivity index (χ3v) is 7.78. The van der Waals surface area contributed by atoms with Gasteiger partial charge in [-0.2, -0.15) is 4.99 Å². The lowest BCUT2D eigenvalue weighted by molar-refractivity contribution is -0.274. The molecular formula is C31H28F4N6O4S. The van der Waals surface area contributed by atoms with Crippen LogP contribution in [0.1, 0.15) is 37.1 Å². The maximum Gasteiger partial charge on any atom is 0.573 e. The molecule has 1 aliphatic rings. The van der Waals surface area contributed by atoms with Crippen molar-refractivity contribution < 1.29 is 36.6 Å². The number of halogens is 4. The van der Waals surface area contributed by atoms with Gasteiger partial charge < -0.3 is 14.8 Å². The third kappa shape index (κ3) is 7.65. The second-order valence-electron chi connectivity index (χ2n) is 10.3. The number of amidine groups is 1. The maximum atomic E-state index is 15.1. The molecular weight excluding hydrogens is 628 g/mol. The van der Waals surface area contributed by atoms with Crippen molar-refractivity contribution in [2.45, 2.75) is 32.3 Å². The Kier molecular flexibility index (Phi) is 9.60. The molecule has 1 N–H and O–H groups in total. The number of anilines is 1. The van der Waals surface area contributed by atoms with E-state index in [1.165, 1.54) is 47.3 Å². The lowest BCUT2D eigenvalue weighted by Crippen LogP contribution is -2.32. The van der Waals surface area contributed by atoms with Gasteiger partial charge in [-0.3, -0.25) is 9.69 Å². The Balaban J connectivity index is 1.21. The van der Waals surface area contributed by atoms with E-state index in [2.05, 4.69) is 25.1 Å². The van der Waals surface area contributed by atoms with Gasteiger partial charge in [-0.25, -0.2) is 18.9 Å². The summed E-state index contributed by atoms with van der Waals surface area (Å²) in [6, 6.07) is 16.0. The zero-order valence-corrected chi connectivity index (χ0v) is 25.6. The number of aromatic nitrogens is 3. The number of nitrogens with one attached hydrogen (secondary N) is 1. The molecule has 15 heteroatoms. The number of urea groups is 1. The van der Waals surface area contributed by atoms with E-state index in [0.717, 1.165) is 29.5 Å². The lowest BCUT2D eigenvalue weighted by Gasteiger charge is -2.22. The van der Waals surface area contributed by atoms with Crippen LogP contribution in [0, 0.1) is 0 Å². The highest BCUT2D eigenvalue weighted by atomic mass is 32.2. The highest BCUT2D eigenvalue weighted by Crippen LogP contribution is 2.36.